The van der Waals surface area contributed by atoms with Gasteiger partial charge in [0.05, 0.1) is 17.8 Å². The van der Waals surface area contributed by atoms with Crippen LogP contribution in [-0.4, -0.2) is 17.8 Å². The summed E-state index contributed by atoms with van der Waals surface area (Å²) in [6, 6.07) is 4.90. The Kier molecular flexibility index (Phi) is 5.05. The van der Waals surface area contributed by atoms with Crippen molar-refractivity contribution in [2.45, 2.75) is 50.5 Å². The second-order valence-electron chi connectivity index (χ2n) is 5.20. The zero-order chi connectivity index (χ0) is 14.6. The number of aliphatic hydroxyl groups excluding tert-OH is 1. The van der Waals surface area contributed by atoms with Crippen LogP contribution in [0.3, 0.4) is 0 Å². The van der Waals surface area contributed by atoms with Crippen molar-refractivity contribution in [2.75, 3.05) is 6.61 Å². The van der Waals surface area contributed by atoms with Crippen molar-refractivity contribution in [3.05, 3.63) is 35.4 Å². The van der Waals surface area contributed by atoms with E-state index < -0.39 is 17.8 Å². The van der Waals surface area contributed by atoms with E-state index in [0.717, 1.165) is 38.0 Å². The van der Waals surface area contributed by atoms with E-state index in [2.05, 4.69) is 0 Å². The lowest BCUT2D eigenvalue weighted by atomic mass is 9.98. The molecular weight excluding hydrogens is 269 g/mol. The summed E-state index contributed by atoms with van der Waals surface area (Å²) in [5.41, 5.74) is -0.404. The van der Waals surface area contributed by atoms with Gasteiger partial charge in [0.1, 0.15) is 0 Å². The largest absolute Gasteiger partial charge is 0.416 e. The summed E-state index contributed by atoms with van der Waals surface area (Å²) in [5, 5.41) is 10.0. The van der Waals surface area contributed by atoms with Crippen LogP contribution in [0.4, 0.5) is 13.2 Å². The molecule has 2 unspecified atom stereocenters. The standard InChI is InChI=1S/C15H19F3O2/c16-15(17,18)12-5-3-4-11(10-12)14(19)8-7-13-6-1-2-9-20-13/h3-5,10,13-14,19H,1-2,6-9H2. The number of benzene rings is 1. The van der Waals surface area contributed by atoms with Gasteiger partial charge in [-0.15, -0.1) is 0 Å². The maximum Gasteiger partial charge on any atom is 0.416 e. The Hall–Kier alpha value is -1.07. The predicted molar refractivity (Wildman–Crippen MR) is 69.2 cm³/mol. The van der Waals surface area contributed by atoms with E-state index in [1.807, 2.05) is 0 Å². The second-order valence-corrected chi connectivity index (χ2v) is 5.20. The number of halogens is 3. The molecule has 20 heavy (non-hydrogen) atoms. The van der Waals surface area contributed by atoms with Gasteiger partial charge < -0.3 is 9.84 Å². The molecular formula is C15H19F3O2. The van der Waals surface area contributed by atoms with Gasteiger partial charge in [-0.25, -0.2) is 0 Å². The van der Waals surface area contributed by atoms with E-state index in [0.29, 0.717) is 18.4 Å². The molecule has 1 aromatic rings. The van der Waals surface area contributed by atoms with Gasteiger partial charge in [-0.2, -0.15) is 13.2 Å². The zero-order valence-corrected chi connectivity index (χ0v) is 11.2. The maximum absolute atomic E-state index is 12.6. The molecule has 112 valence electrons. The average molecular weight is 288 g/mol. The highest BCUT2D eigenvalue weighted by Crippen LogP contribution is 2.32. The Labute approximate surface area is 116 Å². The molecule has 1 saturated heterocycles. The van der Waals surface area contributed by atoms with E-state index in [1.54, 1.807) is 0 Å². The molecule has 1 N–H and O–H groups in total. The number of hydrogen-bond acceptors (Lipinski definition) is 2. The first kappa shape index (κ1) is 15.3. The summed E-state index contributed by atoms with van der Waals surface area (Å²) >= 11 is 0. The van der Waals surface area contributed by atoms with Gasteiger partial charge in [0, 0.05) is 6.61 Å². The number of rotatable bonds is 4. The molecule has 0 saturated carbocycles. The molecule has 1 aromatic carbocycles. The molecule has 2 nitrogen and oxygen atoms in total. The Balaban J connectivity index is 1.93. The molecule has 2 rings (SSSR count). The van der Waals surface area contributed by atoms with Crippen LogP contribution in [0.1, 0.15) is 49.3 Å². The first-order valence-corrected chi connectivity index (χ1v) is 6.93. The molecule has 0 aliphatic carbocycles. The molecule has 0 aromatic heterocycles. The van der Waals surface area contributed by atoms with Crippen LogP contribution in [0.2, 0.25) is 0 Å². The monoisotopic (exact) mass is 288 g/mol. The third kappa shape index (κ3) is 4.21. The predicted octanol–water partition coefficient (Wildman–Crippen LogP) is 4.09. The summed E-state index contributed by atoms with van der Waals surface area (Å²) in [6.45, 7) is 0.740. The Morgan fingerprint density at radius 3 is 2.75 bits per heavy atom. The lowest BCUT2D eigenvalue weighted by molar-refractivity contribution is -0.137. The van der Waals surface area contributed by atoms with Gasteiger partial charge >= 0.3 is 6.18 Å². The topological polar surface area (TPSA) is 29.5 Å². The second kappa shape index (κ2) is 6.59. The molecule has 1 heterocycles. The van der Waals surface area contributed by atoms with Gasteiger partial charge in [0.25, 0.3) is 0 Å². The average Bonchev–Trinajstić information content (AvgIpc) is 2.45. The number of ether oxygens (including phenoxy) is 1. The van der Waals surface area contributed by atoms with Crippen LogP contribution in [0.5, 0.6) is 0 Å². The van der Waals surface area contributed by atoms with Gasteiger partial charge in [-0.3, -0.25) is 0 Å². The van der Waals surface area contributed by atoms with Crippen LogP contribution in [0, 0.1) is 0 Å². The van der Waals surface area contributed by atoms with Crippen molar-refractivity contribution >= 4 is 0 Å². The van der Waals surface area contributed by atoms with Crippen molar-refractivity contribution in [3.63, 3.8) is 0 Å². The first-order chi connectivity index (χ1) is 9.47. The Morgan fingerprint density at radius 1 is 1.30 bits per heavy atom. The number of alkyl halides is 3. The Bertz CT molecular complexity index is 425. The van der Waals surface area contributed by atoms with Crippen molar-refractivity contribution in [1.29, 1.82) is 0 Å². The summed E-state index contributed by atoms with van der Waals surface area (Å²) in [5.74, 6) is 0. The molecule has 1 aliphatic rings. The van der Waals surface area contributed by atoms with Gasteiger partial charge in [-0.1, -0.05) is 12.1 Å². The van der Waals surface area contributed by atoms with Crippen molar-refractivity contribution in [1.82, 2.24) is 0 Å². The third-order valence-electron chi connectivity index (χ3n) is 3.63. The molecule has 1 aliphatic heterocycles. The van der Waals surface area contributed by atoms with Gasteiger partial charge in [-0.05, 0) is 49.8 Å². The van der Waals surface area contributed by atoms with Crippen LogP contribution in [0.25, 0.3) is 0 Å². The van der Waals surface area contributed by atoms with Crippen molar-refractivity contribution in [2.24, 2.45) is 0 Å². The lowest BCUT2D eigenvalue weighted by Crippen LogP contribution is -2.19. The zero-order valence-electron chi connectivity index (χ0n) is 11.2. The van der Waals surface area contributed by atoms with Crippen LogP contribution in [0.15, 0.2) is 24.3 Å². The molecule has 0 amide bonds. The SMILES string of the molecule is OC(CCC1CCCCO1)c1cccc(C(F)(F)F)c1. The highest BCUT2D eigenvalue weighted by molar-refractivity contribution is 5.27. The van der Waals surface area contributed by atoms with E-state index in [1.165, 1.54) is 12.1 Å². The van der Waals surface area contributed by atoms with E-state index in [9.17, 15) is 18.3 Å². The fourth-order valence-corrected chi connectivity index (χ4v) is 2.47. The summed E-state index contributed by atoms with van der Waals surface area (Å²) in [7, 11) is 0. The van der Waals surface area contributed by atoms with Gasteiger partial charge in [0.15, 0.2) is 0 Å². The fourth-order valence-electron chi connectivity index (χ4n) is 2.47. The molecule has 5 heteroatoms. The maximum atomic E-state index is 12.6. The highest BCUT2D eigenvalue weighted by Gasteiger charge is 2.30. The van der Waals surface area contributed by atoms with E-state index in [-0.39, 0.29) is 6.10 Å². The fraction of sp³-hybridized carbons (Fsp3) is 0.600. The molecule has 0 spiro atoms. The number of hydrogen-bond donors (Lipinski definition) is 1. The first-order valence-electron chi connectivity index (χ1n) is 6.93. The normalized spacial score (nSPS) is 21.7. The van der Waals surface area contributed by atoms with E-state index >= 15 is 0 Å². The highest BCUT2D eigenvalue weighted by atomic mass is 19.4. The Morgan fingerprint density at radius 2 is 2.10 bits per heavy atom. The van der Waals surface area contributed by atoms with Gasteiger partial charge in [0.2, 0.25) is 0 Å². The van der Waals surface area contributed by atoms with Crippen LogP contribution < -0.4 is 0 Å². The molecule has 0 bridgehead atoms. The summed E-state index contributed by atoms with van der Waals surface area (Å²) in [6.07, 6.45) is -0.871. The summed E-state index contributed by atoms with van der Waals surface area (Å²) in [4.78, 5) is 0. The van der Waals surface area contributed by atoms with E-state index in [4.69, 9.17) is 4.74 Å². The quantitative estimate of drug-likeness (QED) is 0.904. The van der Waals surface area contributed by atoms with Crippen LogP contribution in [-0.2, 0) is 10.9 Å². The summed E-state index contributed by atoms with van der Waals surface area (Å²) < 4.78 is 43.4. The molecule has 0 radical (unpaired) electrons. The number of aliphatic hydroxyl groups is 1. The minimum absolute atomic E-state index is 0.129. The van der Waals surface area contributed by atoms with Crippen molar-refractivity contribution < 1.29 is 23.0 Å². The van der Waals surface area contributed by atoms with Crippen LogP contribution >= 0.6 is 0 Å². The lowest BCUT2D eigenvalue weighted by Gasteiger charge is -2.23. The molecule has 1 fully saturated rings. The third-order valence-corrected chi connectivity index (χ3v) is 3.63. The minimum Gasteiger partial charge on any atom is -0.388 e. The molecule has 2 atom stereocenters. The minimum atomic E-state index is -4.37. The smallest absolute Gasteiger partial charge is 0.388 e. The van der Waals surface area contributed by atoms with Crippen molar-refractivity contribution in [3.8, 4) is 0 Å².